The fourth-order valence-electron chi connectivity index (χ4n) is 2.80. The van der Waals surface area contributed by atoms with Gasteiger partial charge in [0.1, 0.15) is 5.78 Å². The number of halogens is 17. The highest BCUT2D eigenvalue weighted by Crippen LogP contribution is 2.65. The zero-order valence-corrected chi connectivity index (χ0v) is 21.5. The van der Waals surface area contributed by atoms with Gasteiger partial charge in [-0.15, -0.1) is 10.3 Å². The van der Waals surface area contributed by atoms with Crippen LogP contribution in [0.25, 0.3) is 0 Å². The molecule has 4 nitrogen and oxygen atoms in total. The number of hydrogen-bond acceptors (Lipinski definition) is 5. The van der Waals surface area contributed by atoms with Crippen LogP contribution in [0.15, 0.2) is 0 Å². The zero-order valence-electron chi connectivity index (χ0n) is 19.0. The van der Waals surface area contributed by atoms with Crippen LogP contribution in [0, 0.1) is 0 Å². The lowest BCUT2D eigenvalue weighted by Gasteiger charge is -2.44. The van der Waals surface area contributed by atoms with Gasteiger partial charge >= 0.3 is 57.1 Å². The summed E-state index contributed by atoms with van der Waals surface area (Å²) in [5, 5.41) is -7.75. The Kier molecular flexibility index (Phi) is 9.90. The minimum atomic E-state index is -8.91. The van der Waals surface area contributed by atoms with Crippen LogP contribution in [0.4, 0.5) is 74.6 Å². The minimum absolute atomic E-state index is 0.202. The molecule has 0 aromatic heterocycles. The number of alkyl halides is 17. The maximum Gasteiger partial charge on any atom is 0.460 e. The third-order valence-corrected chi connectivity index (χ3v) is 12.3. The van der Waals surface area contributed by atoms with Crippen LogP contribution < -0.4 is 0 Å². The van der Waals surface area contributed by atoms with E-state index < -0.39 is 96.9 Å². The molecular weight excluding hydrogens is 675 g/mol. The summed E-state index contributed by atoms with van der Waals surface area (Å²) in [4.78, 5) is 11.8. The zero-order chi connectivity index (χ0) is 32.2. The van der Waals surface area contributed by atoms with Gasteiger partial charge in [-0.25, -0.2) is 3.63 Å². The Balaban J connectivity index is 3.70. The second-order valence-corrected chi connectivity index (χ2v) is 14.2. The van der Waals surface area contributed by atoms with Crippen molar-refractivity contribution in [2.24, 2.45) is 0 Å². The number of Topliss-reactive ketones (excluding diaryl/α,β-unsaturated/α-hetero) is 1. The number of rotatable bonds is 12. The SMILES string of the molecule is CCC(=O)CS1(OS(=O)(=O)C(F)(F)C(F)(F)C(F)(F)C(F)(F)C(F)(F)C(F)(F)C(F)(F)C(F)(F)F)CCSCC1. The van der Waals surface area contributed by atoms with E-state index in [9.17, 15) is 87.8 Å². The van der Waals surface area contributed by atoms with E-state index in [2.05, 4.69) is 3.63 Å². The van der Waals surface area contributed by atoms with Crippen molar-refractivity contribution in [3.8, 4) is 0 Å². The predicted octanol–water partition coefficient (Wildman–Crippen LogP) is 6.75. The van der Waals surface area contributed by atoms with Gasteiger partial charge in [0, 0.05) is 29.4 Å². The summed E-state index contributed by atoms with van der Waals surface area (Å²) in [6, 6.07) is 0. The first kappa shape index (κ1) is 37.1. The molecule has 0 bridgehead atoms. The summed E-state index contributed by atoms with van der Waals surface area (Å²) in [5.41, 5.74) is 0. The molecule has 40 heavy (non-hydrogen) atoms. The van der Waals surface area contributed by atoms with Gasteiger partial charge < -0.3 is 0 Å². The highest BCUT2D eigenvalue weighted by atomic mass is 32.3. The van der Waals surface area contributed by atoms with Gasteiger partial charge in [0.25, 0.3) is 0 Å². The van der Waals surface area contributed by atoms with Gasteiger partial charge in [0.2, 0.25) is 0 Å². The minimum Gasteiger partial charge on any atom is -0.299 e. The molecule has 1 rings (SSSR count). The quantitative estimate of drug-likeness (QED) is 0.213. The Morgan fingerprint density at radius 3 is 1.38 bits per heavy atom. The van der Waals surface area contributed by atoms with Crippen molar-refractivity contribution < 1.29 is 91.5 Å². The van der Waals surface area contributed by atoms with Crippen molar-refractivity contribution in [2.45, 2.75) is 60.3 Å². The van der Waals surface area contributed by atoms with Crippen LogP contribution >= 0.6 is 22.1 Å². The monoisotopic (exact) mass is 690 g/mol. The second-order valence-electron chi connectivity index (χ2n) is 8.01. The maximum atomic E-state index is 14.3. The lowest BCUT2D eigenvalue weighted by atomic mass is 9.91. The van der Waals surface area contributed by atoms with Crippen molar-refractivity contribution in [1.29, 1.82) is 0 Å². The van der Waals surface area contributed by atoms with E-state index >= 15 is 0 Å². The Labute approximate surface area is 219 Å². The summed E-state index contributed by atoms with van der Waals surface area (Å²) in [5.74, 6) is -55.8. The molecule has 240 valence electrons. The lowest BCUT2D eigenvalue weighted by Crippen LogP contribution is -2.75. The van der Waals surface area contributed by atoms with Gasteiger partial charge in [-0.1, -0.05) is 6.92 Å². The van der Waals surface area contributed by atoms with Crippen molar-refractivity contribution >= 4 is 38.0 Å². The highest BCUT2D eigenvalue weighted by Gasteiger charge is 2.96. The maximum absolute atomic E-state index is 14.3. The predicted molar refractivity (Wildman–Crippen MR) is 106 cm³/mol. The van der Waals surface area contributed by atoms with Gasteiger partial charge in [0.15, 0.2) is 0 Å². The van der Waals surface area contributed by atoms with Crippen molar-refractivity contribution in [3.05, 3.63) is 0 Å². The molecule has 0 spiro atoms. The third kappa shape index (κ3) is 5.46. The smallest absolute Gasteiger partial charge is 0.299 e. The lowest BCUT2D eigenvalue weighted by molar-refractivity contribution is -0.458. The molecule has 0 atom stereocenters. The van der Waals surface area contributed by atoms with E-state index in [0.29, 0.717) is 0 Å². The average molecular weight is 690 g/mol. The molecule has 1 saturated heterocycles. The van der Waals surface area contributed by atoms with Crippen molar-refractivity contribution in [2.75, 3.05) is 28.8 Å². The molecule has 0 unspecified atom stereocenters. The average Bonchev–Trinajstić information content (AvgIpc) is 2.77. The summed E-state index contributed by atoms with van der Waals surface area (Å²) < 4.78 is 256. The third-order valence-electron chi connectivity index (χ3n) is 5.26. The molecule has 0 N–H and O–H groups in total. The van der Waals surface area contributed by atoms with E-state index in [0.717, 1.165) is 18.7 Å². The summed E-state index contributed by atoms with van der Waals surface area (Å²) >= 11 is 0.971. The fourth-order valence-corrected chi connectivity index (χ4v) is 10.7. The number of ketones is 1. The summed E-state index contributed by atoms with van der Waals surface area (Å²) in [6.07, 6.45) is -8.34. The normalized spacial score (nSPS) is 19.9. The number of carbonyl (C=O) groups excluding carboxylic acids is 1. The molecule has 0 aromatic rings. The molecule has 0 amide bonds. The second kappa shape index (κ2) is 10.7. The van der Waals surface area contributed by atoms with E-state index in [4.69, 9.17) is 0 Å². The Bertz CT molecular complexity index is 1050. The summed E-state index contributed by atoms with van der Waals surface area (Å²) in [7, 11) is -11.5. The van der Waals surface area contributed by atoms with Gasteiger partial charge in [0.05, 0.1) is 5.75 Å². The molecule has 24 heteroatoms. The first-order chi connectivity index (χ1) is 17.4. The molecule has 0 radical (unpaired) electrons. The molecular formula is C16H15F17O4S3. The fraction of sp³-hybridized carbons (Fsp3) is 0.938. The van der Waals surface area contributed by atoms with Crippen molar-refractivity contribution in [1.82, 2.24) is 0 Å². The molecule has 1 aliphatic rings. The van der Waals surface area contributed by atoms with E-state index in [-0.39, 0.29) is 11.5 Å². The molecule has 0 aliphatic carbocycles. The molecule has 1 fully saturated rings. The van der Waals surface area contributed by atoms with Crippen LogP contribution in [0.5, 0.6) is 0 Å². The van der Waals surface area contributed by atoms with Gasteiger partial charge in [-0.3, -0.25) is 4.79 Å². The van der Waals surface area contributed by atoms with E-state index in [1.165, 1.54) is 0 Å². The Hall–Kier alpha value is -0.910. The standard InChI is InChI=1S/C16H15F17O4S3/c1-2-8(34)7-39(5-3-38-4-6-39)37-40(35,36)16(32,33)14(27,28)12(23,24)10(19,20)9(17,18)11(21,22)13(25,26)15(29,30)31/h2-7H2,1H3. The highest BCUT2D eigenvalue weighted by molar-refractivity contribution is 8.34. The van der Waals surface area contributed by atoms with E-state index in [1.54, 1.807) is 0 Å². The number of carbonyl (C=O) groups is 1. The number of thioether (sulfide) groups is 1. The van der Waals surface area contributed by atoms with Crippen LogP contribution in [-0.2, 0) is 18.5 Å². The molecule has 1 heterocycles. The molecule has 0 saturated carbocycles. The first-order valence-electron chi connectivity index (χ1n) is 9.90. The number of hydrogen-bond donors (Lipinski definition) is 0. The van der Waals surface area contributed by atoms with Crippen molar-refractivity contribution in [3.63, 3.8) is 0 Å². The Morgan fingerprint density at radius 1 is 0.675 bits per heavy atom. The first-order valence-corrected chi connectivity index (χ1v) is 14.5. The molecule has 1 aliphatic heterocycles. The molecule has 0 aromatic carbocycles. The topological polar surface area (TPSA) is 60.4 Å². The van der Waals surface area contributed by atoms with E-state index in [1.807, 2.05) is 0 Å². The van der Waals surface area contributed by atoms with Crippen LogP contribution in [0.3, 0.4) is 0 Å². The van der Waals surface area contributed by atoms with Crippen LogP contribution in [0.2, 0.25) is 0 Å². The largest absolute Gasteiger partial charge is 0.460 e. The summed E-state index contributed by atoms with van der Waals surface area (Å²) in [6.45, 7) is 1.14. The van der Waals surface area contributed by atoms with Crippen LogP contribution in [-0.4, -0.2) is 89.9 Å². The van der Waals surface area contributed by atoms with Gasteiger partial charge in [-0.2, -0.15) is 94.8 Å². The van der Waals surface area contributed by atoms with Gasteiger partial charge in [-0.05, 0) is 0 Å². The Morgan fingerprint density at radius 2 is 1.02 bits per heavy atom. The van der Waals surface area contributed by atoms with Crippen LogP contribution in [0.1, 0.15) is 13.3 Å².